The number of carbonyl (C=O) groups is 1. The Hall–Kier alpha value is -1.99. The first-order valence-corrected chi connectivity index (χ1v) is 10.5. The summed E-state index contributed by atoms with van der Waals surface area (Å²) in [7, 11) is 0. The van der Waals surface area contributed by atoms with Crippen LogP contribution in [0.5, 0.6) is 0 Å². The molecule has 148 valence electrons. The van der Waals surface area contributed by atoms with E-state index in [0.29, 0.717) is 18.7 Å². The summed E-state index contributed by atoms with van der Waals surface area (Å²) in [5.74, 6) is 1.78. The smallest absolute Gasteiger partial charge is 0.254 e. The maximum atomic E-state index is 13.1. The number of carbonyl (C=O) groups excluding carboxylic acids is 1. The van der Waals surface area contributed by atoms with E-state index < -0.39 is 0 Å². The van der Waals surface area contributed by atoms with Gasteiger partial charge in [-0.3, -0.25) is 4.79 Å². The van der Waals surface area contributed by atoms with Gasteiger partial charge in [0.25, 0.3) is 5.91 Å². The summed E-state index contributed by atoms with van der Waals surface area (Å²) in [5, 5.41) is 0. The highest BCUT2D eigenvalue weighted by Crippen LogP contribution is 2.29. The second-order valence-electron chi connectivity index (χ2n) is 7.67. The molecule has 28 heavy (non-hydrogen) atoms. The first-order valence-electron chi connectivity index (χ1n) is 9.72. The SMILES string of the molecule is Cc1nc2c(c(N3CC(C)OC(C)C3)n1)CN(C(=O)c1cccc(Br)c1)CC2. The van der Waals surface area contributed by atoms with Gasteiger partial charge in [0.2, 0.25) is 0 Å². The number of fused-ring (bicyclic) bond motifs is 1. The molecule has 0 aliphatic carbocycles. The van der Waals surface area contributed by atoms with E-state index in [4.69, 9.17) is 9.72 Å². The maximum Gasteiger partial charge on any atom is 0.254 e. The first kappa shape index (κ1) is 19.3. The predicted molar refractivity (Wildman–Crippen MR) is 112 cm³/mol. The van der Waals surface area contributed by atoms with Gasteiger partial charge in [0.15, 0.2) is 0 Å². The van der Waals surface area contributed by atoms with E-state index in [1.54, 1.807) is 0 Å². The monoisotopic (exact) mass is 444 g/mol. The molecule has 2 aliphatic heterocycles. The highest BCUT2D eigenvalue weighted by molar-refractivity contribution is 9.10. The summed E-state index contributed by atoms with van der Waals surface area (Å²) in [6, 6.07) is 7.55. The molecule has 0 radical (unpaired) electrons. The molecule has 0 bridgehead atoms. The molecule has 0 spiro atoms. The van der Waals surface area contributed by atoms with Crippen LogP contribution in [0.2, 0.25) is 0 Å². The minimum Gasteiger partial charge on any atom is -0.372 e. The molecule has 7 heteroatoms. The Labute approximate surface area is 174 Å². The van der Waals surface area contributed by atoms with Crippen molar-refractivity contribution in [1.82, 2.24) is 14.9 Å². The molecule has 1 aromatic heterocycles. The third kappa shape index (κ3) is 3.91. The van der Waals surface area contributed by atoms with Gasteiger partial charge in [0.05, 0.1) is 24.4 Å². The molecular formula is C21H25BrN4O2. The van der Waals surface area contributed by atoms with E-state index in [2.05, 4.69) is 39.7 Å². The quantitative estimate of drug-likeness (QED) is 0.710. The van der Waals surface area contributed by atoms with Crippen LogP contribution in [-0.2, 0) is 17.7 Å². The standard InChI is InChI=1S/C21H25BrN4O2/c1-13-10-26(11-14(2)28-13)20-18-12-25(8-7-19(18)23-15(3)24-20)21(27)16-5-4-6-17(22)9-16/h4-6,9,13-14H,7-8,10-12H2,1-3H3. The average Bonchev–Trinajstić information content (AvgIpc) is 2.65. The number of halogens is 1. The molecular weight excluding hydrogens is 420 g/mol. The highest BCUT2D eigenvalue weighted by Gasteiger charge is 2.30. The molecule has 0 saturated carbocycles. The van der Waals surface area contributed by atoms with Gasteiger partial charge >= 0.3 is 0 Å². The van der Waals surface area contributed by atoms with Crippen LogP contribution >= 0.6 is 15.9 Å². The fourth-order valence-corrected chi connectivity index (χ4v) is 4.51. The lowest BCUT2D eigenvalue weighted by atomic mass is 10.0. The van der Waals surface area contributed by atoms with Gasteiger partial charge in [-0.1, -0.05) is 22.0 Å². The molecule has 2 unspecified atom stereocenters. The topological polar surface area (TPSA) is 58.6 Å². The molecule has 6 nitrogen and oxygen atoms in total. The van der Waals surface area contributed by atoms with Crippen molar-refractivity contribution in [2.75, 3.05) is 24.5 Å². The fraction of sp³-hybridized carbons (Fsp3) is 0.476. The molecule has 1 aromatic carbocycles. The number of hydrogen-bond donors (Lipinski definition) is 0. The van der Waals surface area contributed by atoms with Crippen LogP contribution in [0.3, 0.4) is 0 Å². The number of benzene rings is 1. The number of rotatable bonds is 2. The number of morpholine rings is 1. The van der Waals surface area contributed by atoms with Crippen LogP contribution in [0.1, 0.15) is 41.3 Å². The lowest BCUT2D eigenvalue weighted by Crippen LogP contribution is -2.47. The minimum atomic E-state index is 0.0437. The molecule has 4 rings (SSSR count). The van der Waals surface area contributed by atoms with Gasteiger partial charge < -0.3 is 14.5 Å². The molecule has 1 amide bonds. The maximum absolute atomic E-state index is 13.1. The van der Waals surface area contributed by atoms with Crippen molar-refractivity contribution in [1.29, 1.82) is 0 Å². The Morgan fingerprint density at radius 2 is 1.96 bits per heavy atom. The Morgan fingerprint density at radius 3 is 2.68 bits per heavy atom. The molecule has 2 atom stereocenters. The van der Waals surface area contributed by atoms with Gasteiger partial charge in [0, 0.05) is 41.7 Å². The third-order valence-corrected chi connectivity index (χ3v) is 5.72. The number of aromatic nitrogens is 2. The average molecular weight is 445 g/mol. The Balaban J connectivity index is 1.65. The third-order valence-electron chi connectivity index (χ3n) is 5.23. The normalized spacial score (nSPS) is 22.1. The zero-order valence-corrected chi connectivity index (χ0v) is 18.1. The van der Waals surface area contributed by atoms with E-state index >= 15 is 0 Å². The van der Waals surface area contributed by atoms with Gasteiger partial charge in [-0.05, 0) is 39.0 Å². The van der Waals surface area contributed by atoms with Gasteiger partial charge in [-0.25, -0.2) is 9.97 Å². The summed E-state index contributed by atoms with van der Waals surface area (Å²) in [6.45, 7) is 8.93. The van der Waals surface area contributed by atoms with E-state index in [-0.39, 0.29) is 18.1 Å². The van der Waals surface area contributed by atoms with Crippen LogP contribution in [0, 0.1) is 6.92 Å². The molecule has 2 aromatic rings. The van der Waals surface area contributed by atoms with Crippen LogP contribution in [0.4, 0.5) is 5.82 Å². The van der Waals surface area contributed by atoms with Gasteiger partial charge in [-0.2, -0.15) is 0 Å². The zero-order chi connectivity index (χ0) is 19.8. The van der Waals surface area contributed by atoms with Crippen molar-refractivity contribution in [3.8, 4) is 0 Å². The van der Waals surface area contributed by atoms with E-state index in [9.17, 15) is 4.79 Å². The number of ether oxygens (including phenoxy) is 1. The second kappa shape index (κ2) is 7.79. The Bertz CT molecular complexity index is 894. The van der Waals surface area contributed by atoms with Crippen molar-refractivity contribution in [2.45, 2.75) is 45.9 Å². The predicted octanol–water partition coefficient (Wildman–Crippen LogP) is 3.36. The summed E-state index contributed by atoms with van der Waals surface area (Å²) in [6.07, 6.45) is 1.05. The minimum absolute atomic E-state index is 0.0437. The number of nitrogens with zero attached hydrogens (tertiary/aromatic N) is 4. The summed E-state index contributed by atoms with van der Waals surface area (Å²) < 4.78 is 6.80. The van der Waals surface area contributed by atoms with E-state index in [1.165, 1.54) is 0 Å². The molecule has 1 saturated heterocycles. The lowest BCUT2D eigenvalue weighted by Gasteiger charge is -2.38. The summed E-state index contributed by atoms with van der Waals surface area (Å²) in [4.78, 5) is 26.7. The number of aryl methyl sites for hydroxylation is 1. The van der Waals surface area contributed by atoms with Crippen molar-refractivity contribution >= 4 is 27.7 Å². The van der Waals surface area contributed by atoms with Crippen LogP contribution in [0.25, 0.3) is 0 Å². The first-order chi connectivity index (χ1) is 13.4. The summed E-state index contributed by atoms with van der Waals surface area (Å²) in [5.41, 5.74) is 2.83. The van der Waals surface area contributed by atoms with Crippen molar-refractivity contribution < 1.29 is 9.53 Å². The Morgan fingerprint density at radius 1 is 1.21 bits per heavy atom. The van der Waals surface area contributed by atoms with Crippen molar-refractivity contribution in [2.24, 2.45) is 0 Å². The van der Waals surface area contributed by atoms with E-state index in [1.807, 2.05) is 36.1 Å². The molecule has 3 heterocycles. The molecule has 1 fully saturated rings. The second-order valence-corrected chi connectivity index (χ2v) is 8.58. The van der Waals surface area contributed by atoms with Crippen LogP contribution in [-0.4, -0.2) is 52.6 Å². The van der Waals surface area contributed by atoms with Crippen molar-refractivity contribution in [3.05, 3.63) is 51.4 Å². The summed E-state index contributed by atoms with van der Waals surface area (Å²) >= 11 is 3.45. The van der Waals surface area contributed by atoms with Crippen molar-refractivity contribution in [3.63, 3.8) is 0 Å². The van der Waals surface area contributed by atoms with Crippen LogP contribution < -0.4 is 4.90 Å². The molecule has 0 N–H and O–H groups in total. The highest BCUT2D eigenvalue weighted by atomic mass is 79.9. The van der Waals surface area contributed by atoms with Crippen LogP contribution in [0.15, 0.2) is 28.7 Å². The lowest BCUT2D eigenvalue weighted by molar-refractivity contribution is -0.00560. The molecule has 2 aliphatic rings. The van der Waals surface area contributed by atoms with E-state index in [0.717, 1.165) is 46.9 Å². The number of hydrogen-bond acceptors (Lipinski definition) is 5. The number of amides is 1. The zero-order valence-electron chi connectivity index (χ0n) is 16.5. The fourth-order valence-electron chi connectivity index (χ4n) is 4.11. The number of anilines is 1. The Kier molecular flexibility index (Phi) is 5.38. The van der Waals surface area contributed by atoms with Gasteiger partial charge in [-0.15, -0.1) is 0 Å². The van der Waals surface area contributed by atoms with Gasteiger partial charge in [0.1, 0.15) is 11.6 Å². The largest absolute Gasteiger partial charge is 0.372 e.